The quantitative estimate of drug-likeness (QED) is 0.557. The summed E-state index contributed by atoms with van der Waals surface area (Å²) < 4.78 is 6.03. The first-order valence-corrected chi connectivity index (χ1v) is 10.3. The van der Waals surface area contributed by atoms with Gasteiger partial charge in [0.1, 0.15) is 28.6 Å². The van der Waals surface area contributed by atoms with Crippen LogP contribution in [-0.4, -0.2) is 27.6 Å². The molecule has 0 saturated heterocycles. The molecule has 0 aromatic heterocycles. The minimum atomic E-state index is -1.24. The van der Waals surface area contributed by atoms with Gasteiger partial charge in [-0.25, -0.2) is 0 Å². The predicted octanol–water partition coefficient (Wildman–Crippen LogP) is 4.53. The Morgan fingerprint density at radius 2 is 1.60 bits per heavy atom. The Hall–Kier alpha value is -2.63. The number of ketones is 3. The second-order valence-electron chi connectivity index (χ2n) is 10.0. The molecule has 1 heterocycles. The number of phenols is 2. The van der Waals surface area contributed by atoms with Crippen molar-refractivity contribution in [1.29, 1.82) is 0 Å². The number of ether oxygens (including phenoxy) is 1. The van der Waals surface area contributed by atoms with Crippen molar-refractivity contribution in [3.05, 3.63) is 28.5 Å². The highest BCUT2D eigenvalue weighted by Crippen LogP contribution is 2.57. The molecule has 0 bridgehead atoms. The molecule has 2 aliphatic rings. The number of rotatable bonds is 3. The number of hydrogen-bond donors (Lipinski definition) is 2. The third-order valence-electron chi connectivity index (χ3n) is 6.31. The van der Waals surface area contributed by atoms with E-state index in [2.05, 4.69) is 0 Å². The molecule has 1 atom stereocenters. The van der Waals surface area contributed by atoms with E-state index in [4.69, 9.17) is 4.74 Å². The molecule has 6 nitrogen and oxygen atoms in total. The second kappa shape index (κ2) is 6.69. The van der Waals surface area contributed by atoms with E-state index < -0.39 is 28.4 Å². The van der Waals surface area contributed by atoms with Crippen LogP contribution in [-0.2, 0) is 9.59 Å². The highest BCUT2D eigenvalue weighted by atomic mass is 16.5. The molecule has 0 spiro atoms. The van der Waals surface area contributed by atoms with Crippen LogP contribution >= 0.6 is 0 Å². The van der Waals surface area contributed by atoms with Crippen LogP contribution in [0.1, 0.15) is 77.2 Å². The van der Waals surface area contributed by atoms with Crippen LogP contribution in [0.15, 0.2) is 17.4 Å². The maximum atomic E-state index is 13.5. The summed E-state index contributed by atoms with van der Waals surface area (Å²) >= 11 is 0. The maximum absolute atomic E-state index is 13.5. The summed E-state index contributed by atoms with van der Waals surface area (Å²) in [6.45, 7) is 13.8. The number of fused-ring (bicyclic) bond motifs is 1. The Bertz CT molecular complexity index is 1010. The molecule has 1 aliphatic carbocycles. The summed E-state index contributed by atoms with van der Waals surface area (Å²) in [6, 6.07) is 1.30. The molecule has 3 rings (SSSR count). The van der Waals surface area contributed by atoms with Crippen molar-refractivity contribution in [2.45, 2.75) is 61.3 Å². The van der Waals surface area contributed by atoms with Gasteiger partial charge in [-0.3, -0.25) is 14.4 Å². The minimum Gasteiger partial charge on any atom is -0.507 e. The number of carbonyl (C=O) groups excluding carboxylic acids is 3. The van der Waals surface area contributed by atoms with Crippen molar-refractivity contribution < 1.29 is 29.3 Å². The average Bonchev–Trinajstić information content (AvgIpc) is 2.63. The Labute approximate surface area is 176 Å². The molecule has 2 N–H and O–H groups in total. The van der Waals surface area contributed by atoms with E-state index in [0.29, 0.717) is 11.1 Å². The van der Waals surface area contributed by atoms with E-state index in [1.54, 1.807) is 41.5 Å². The lowest BCUT2D eigenvalue weighted by Crippen LogP contribution is -2.52. The van der Waals surface area contributed by atoms with Crippen LogP contribution in [0.3, 0.4) is 0 Å². The summed E-state index contributed by atoms with van der Waals surface area (Å²) in [5.41, 5.74) is -1.80. The smallest absolute Gasteiger partial charge is 0.175 e. The number of benzene rings is 1. The zero-order chi connectivity index (χ0) is 22.9. The largest absolute Gasteiger partial charge is 0.507 e. The van der Waals surface area contributed by atoms with Crippen LogP contribution in [0.2, 0.25) is 0 Å². The van der Waals surface area contributed by atoms with Gasteiger partial charge in [0.05, 0.1) is 10.8 Å². The van der Waals surface area contributed by atoms with E-state index in [0.717, 1.165) is 0 Å². The van der Waals surface area contributed by atoms with Gasteiger partial charge in [0.15, 0.2) is 17.3 Å². The summed E-state index contributed by atoms with van der Waals surface area (Å²) in [7, 11) is 0. The number of phenolic OH excluding ortho intramolecular Hbond substituents is 2. The van der Waals surface area contributed by atoms with Crippen LogP contribution in [0, 0.1) is 22.7 Å². The highest BCUT2D eigenvalue weighted by Gasteiger charge is 2.57. The van der Waals surface area contributed by atoms with Gasteiger partial charge >= 0.3 is 0 Å². The zero-order valence-electron chi connectivity index (χ0n) is 18.8. The molecular formula is C24H30O6. The standard InChI is InChI=1S/C24H30O6/c1-10(2)14-16-13(9-12(25)15(19(16)27)18(26)11(3)4)30-21-17(14)20(28)23(5,6)22(29)24(21,7)8/h9-11,14,25,27H,1-8H3/t14-/m1/s1. The Morgan fingerprint density at radius 3 is 2.10 bits per heavy atom. The van der Waals surface area contributed by atoms with Crippen molar-refractivity contribution >= 4 is 17.3 Å². The summed E-state index contributed by atoms with van der Waals surface area (Å²) in [4.78, 5) is 39.2. The van der Waals surface area contributed by atoms with Gasteiger partial charge in [0.2, 0.25) is 0 Å². The van der Waals surface area contributed by atoms with Crippen molar-refractivity contribution in [3.8, 4) is 17.2 Å². The number of aromatic hydroxyl groups is 2. The first-order chi connectivity index (χ1) is 13.7. The molecule has 0 fully saturated rings. The lowest BCUT2D eigenvalue weighted by atomic mass is 9.59. The highest BCUT2D eigenvalue weighted by molar-refractivity contribution is 6.20. The Morgan fingerprint density at radius 1 is 1.03 bits per heavy atom. The zero-order valence-corrected chi connectivity index (χ0v) is 18.8. The fraction of sp³-hybridized carbons (Fsp3) is 0.542. The predicted molar refractivity (Wildman–Crippen MR) is 112 cm³/mol. The van der Waals surface area contributed by atoms with Gasteiger partial charge in [-0.15, -0.1) is 0 Å². The summed E-state index contributed by atoms with van der Waals surface area (Å²) in [5, 5.41) is 21.6. The van der Waals surface area contributed by atoms with Gasteiger partial charge in [0, 0.05) is 29.0 Å². The van der Waals surface area contributed by atoms with Crippen LogP contribution in [0.5, 0.6) is 17.2 Å². The number of Topliss-reactive ketones (excluding diaryl/α,β-unsaturated/α-hetero) is 3. The third kappa shape index (κ3) is 2.80. The lowest BCUT2D eigenvalue weighted by Gasteiger charge is -2.45. The fourth-order valence-electron chi connectivity index (χ4n) is 4.71. The molecule has 0 amide bonds. The van der Waals surface area contributed by atoms with E-state index in [1.165, 1.54) is 6.07 Å². The van der Waals surface area contributed by atoms with Crippen LogP contribution < -0.4 is 4.74 Å². The number of carbonyl (C=O) groups is 3. The Kier molecular flexibility index (Phi) is 4.92. The van der Waals surface area contributed by atoms with E-state index in [1.807, 2.05) is 13.8 Å². The van der Waals surface area contributed by atoms with Gasteiger partial charge < -0.3 is 14.9 Å². The molecule has 0 unspecified atom stereocenters. The monoisotopic (exact) mass is 414 g/mol. The molecule has 0 saturated carbocycles. The molecule has 6 heteroatoms. The molecule has 1 aromatic carbocycles. The molecular weight excluding hydrogens is 384 g/mol. The first-order valence-electron chi connectivity index (χ1n) is 10.3. The topological polar surface area (TPSA) is 101 Å². The Balaban J connectivity index is 2.38. The molecule has 0 radical (unpaired) electrons. The summed E-state index contributed by atoms with van der Waals surface area (Å²) in [5.74, 6) is -2.48. The van der Waals surface area contributed by atoms with Crippen LogP contribution in [0.25, 0.3) is 0 Å². The van der Waals surface area contributed by atoms with Gasteiger partial charge in [-0.2, -0.15) is 0 Å². The van der Waals surface area contributed by atoms with E-state index in [9.17, 15) is 24.6 Å². The SMILES string of the molecule is CC(C)C(=O)c1c(O)cc2c(c1O)[C@@H](C(C)C)C1=C(O2)C(C)(C)C(=O)C(C)(C)C1=O. The first kappa shape index (κ1) is 22.1. The van der Waals surface area contributed by atoms with Gasteiger partial charge in [0.25, 0.3) is 0 Å². The molecule has 1 aromatic rings. The van der Waals surface area contributed by atoms with E-state index in [-0.39, 0.29) is 46.1 Å². The summed E-state index contributed by atoms with van der Waals surface area (Å²) in [6.07, 6.45) is 0. The van der Waals surface area contributed by atoms with Crippen molar-refractivity contribution in [3.63, 3.8) is 0 Å². The van der Waals surface area contributed by atoms with E-state index >= 15 is 0 Å². The van der Waals surface area contributed by atoms with Crippen molar-refractivity contribution in [2.24, 2.45) is 22.7 Å². The third-order valence-corrected chi connectivity index (χ3v) is 6.31. The lowest BCUT2D eigenvalue weighted by molar-refractivity contribution is -0.144. The molecule has 1 aliphatic heterocycles. The van der Waals surface area contributed by atoms with Crippen molar-refractivity contribution in [2.75, 3.05) is 0 Å². The fourth-order valence-corrected chi connectivity index (χ4v) is 4.71. The average molecular weight is 414 g/mol. The second-order valence-corrected chi connectivity index (χ2v) is 10.0. The minimum absolute atomic E-state index is 0.140. The number of hydrogen-bond acceptors (Lipinski definition) is 6. The van der Waals surface area contributed by atoms with Gasteiger partial charge in [-0.1, -0.05) is 27.7 Å². The maximum Gasteiger partial charge on any atom is 0.175 e. The van der Waals surface area contributed by atoms with Crippen LogP contribution in [0.4, 0.5) is 0 Å². The van der Waals surface area contributed by atoms with Crippen molar-refractivity contribution in [1.82, 2.24) is 0 Å². The van der Waals surface area contributed by atoms with Gasteiger partial charge in [-0.05, 0) is 33.6 Å². The molecule has 162 valence electrons. The molecule has 30 heavy (non-hydrogen) atoms. The normalized spacial score (nSPS) is 22.1. The number of allylic oxidation sites excluding steroid dienone is 2.